The zero-order valence-electron chi connectivity index (χ0n) is 16.4. The molecule has 2 heterocycles. The SMILES string of the molecule is CNC(=O)c1c2cc(C3CC3)c(N3CCCS3(=O)=O)cc2nn1-c1ccc(Br)cc1. The zero-order chi connectivity index (χ0) is 21.0. The fourth-order valence-electron chi connectivity index (χ4n) is 4.09. The number of fused-ring (bicyclic) bond motifs is 1. The van der Waals surface area contributed by atoms with Gasteiger partial charge in [0.05, 0.1) is 22.6 Å². The molecule has 1 saturated carbocycles. The number of amides is 1. The molecule has 2 aliphatic rings. The van der Waals surface area contributed by atoms with Gasteiger partial charge in [-0.3, -0.25) is 9.10 Å². The minimum Gasteiger partial charge on any atom is -0.354 e. The number of carbonyl (C=O) groups is 1. The maximum absolute atomic E-state index is 12.8. The molecule has 0 bridgehead atoms. The maximum Gasteiger partial charge on any atom is 0.270 e. The van der Waals surface area contributed by atoms with Crippen LogP contribution in [0.2, 0.25) is 0 Å². The highest BCUT2D eigenvalue weighted by molar-refractivity contribution is 9.10. The van der Waals surface area contributed by atoms with Gasteiger partial charge in [0, 0.05) is 23.5 Å². The first kappa shape index (κ1) is 19.6. The van der Waals surface area contributed by atoms with Crippen molar-refractivity contribution in [1.82, 2.24) is 15.1 Å². The lowest BCUT2D eigenvalue weighted by Crippen LogP contribution is -2.26. The summed E-state index contributed by atoms with van der Waals surface area (Å²) in [5.41, 5.74) is 3.53. The van der Waals surface area contributed by atoms with Gasteiger partial charge in [-0.15, -0.1) is 0 Å². The quantitative estimate of drug-likeness (QED) is 0.608. The van der Waals surface area contributed by atoms with E-state index in [0.29, 0.717) is 35.8 Å². The van der Waals surface area contributed by atoms with Gasteiger partial charge in [0.1, 0.15) is 5.69 Å². The monoisotopic (exact) mass is 488 g/mol. The molecule has 0 atom stereocenters. The van der Waals surface area contributed by atoms with E-state index < -0.39 is 10.0 Å². The van der Waals surface area contributed by atoms with Gasteiger partial charge in [-0.05, 0) is 67.1 Å². The molecule has 30 heavy (non-hydrogen) atoms. The fraction of sp³-hybridized carbons (Fsp3) is 0.333. The Hall–Kier alpha value is -2.39. The lowest BCUT2D eigenvalue weighted by Gasteiger charge is -2.20. The molecule has 7 nitrogen and oxygen atoms in total. The molecule has 1 amide bonds. The number of benzene rings is 2. The van der Waals surface area contributed by atoms with Gasteiger partial charge in [-0.1, -0.05) is 15.9 Å². The molecule has 1 aliphatic heterocycles. The van der Waals surface area contributed by atoms with Gasteiger partial charge in [0.15, 0.2) is 0 Å². The highest BCUT2D eigenvalue weighted by atomic mass is 79.9. The molecule has 0 spiro atoms. The van der Waals surface area contributed by atoms with Gasteiger partial charge in [0.25, 0.3) is 5.91 Å². The molecule has 2 fully saturated rings. The Kier molecular flexibility index (Phi) is 4.62. The number of halogens is 1. The number of nitrogens with zero attached hydrogens (tertiary/aromatic N) is 3. The van der Waals surface area contributed by atoms with Crippen LogP contribution in [0.4, 0.5) is 5.69 Å². The minimum atomic E-state index is -3.30. The van der Waals surface area contributed by atoms with Crippen LogP contribution in [0, 0.1) is 0 Å². The number of sulfonamides is 1. The summed E-state index contributed by atoms with van der Waals surface area (Å²) in [7, 11) is -1.71. The molecule has 1 aliphatic carbocycles. The van der Waals surface area contributed by atoms with Crippen LogP contribution in [0.5, 0.6) is 0 Å². The molecule has 5 rings (SSSR count). The normalized spacial score (nSPS) is 18.1. The van der Waals surface area contributed by atoms with E-state index in [2.05, 4.69) is 21.2 Å². The van der Waals surface area contributed by atoms with E-state index in [1.54, 1.807) is 11.7 Å². The Balaban J connectivity index is 1.77. The molecule has 1 N–H and O–H groups in total. The van der Waals surface area contributed by atoms with Crippen molar-refractivity contribution in [2.75, 3.05) is 23.7 Å². The van der Waals surface area contributed by atoms with Crippen LogP contribution in [-0.4, -0.2) is 43.5 Å². The summed E-state index contributed by atoms with van der Waals surface area (Å²) in [5, 5.41) is 8.15. The minimum absolute atomic E-state index is 0.173. The van der Waals surface area contributed by atoms with E-state index in [-0.39, 0.29) is 11.7 Å². The van der Waals surface area contributed by atoms with E-state index in [4.69, 9.17) is 5.10 Å². The summed E-state index contributed by atoms with van der Waals surface area (Å²) in [6.07, 6.45) is 2.69. The molecule has 0 radical (unpaired) electrons. The van der Waals surface area contributed by atoms with Crippen molar-refractivity contribution in [1.29, 1.82) is 0 Å². The summed E-state index contributed by atoms with van der Waals surface area (Å²) < 4.78 is 29.3. The third-order valence-corrected chi connectivity index (χ3v) is 8.10. The Morgan fingerprint density at radius 1 is 1.20 bits per heavy atom. The van der Waals surface area contributed by atoms with Crippen molar-refractivity contribution in [3.63, 3.8) is 0 Å². The van der Waals surface area contributed by atoms with Gasteiger partial charge in [-0.2, -0.15) is 5.10 Å². The molecular formula is C21H21BrN4O3S. The second-order valence-corrected chi connectivity index (χ2v) is 10.7. The highest BCUT2D eigenvalue weighted by Crippen LogP contribution is 2.47. The van der Waals surface area contributed by atoms with Crippen molar-refractivity contribution in [3.05, 3.63) is 52.1 Å². The predicted octanol–water partition coefficient (Wildman–Crippen LogP) is 3.56. The van der Waals surface area contributed by atoms with Crippen molar-refractivity contribution in [2.45, 2.75) is 25.2 Å². The van der Waals surface area contributed by atoms with Gasteiger partial charge in [-0.25, -0.2) is 13.1 Å². The van der Waals surface area contributed by atoms with Crippen LogP contribution >= 0.6 is 15.9 Å². The Labute approximate surface area is 183 Å². The number of hydrogen-bond donors (Lipinski definition) is 1. The van der Waals surface area contributed by atoms with Crippen molar-refractivity contribution >= 4 is 48.5 Å². The third kappa shape index (κ3) is 3.20. The van der Waals surface area contributed by atoms with E-state index in [9.17, 15) is 13.2 Å². The van der Waals surface area contributed by atoms with Crippen LogP contribution in [-0.2, 0) is 10.0 Å². The topological polar surface area (TPSA) is 84.3 Å². The summed E-state index contributed by atoms with van der Waals surface area (Å²) in [6, 6.07) is 11.4. The van der Waals surface area contributed by atoms with Crippen molar-refractivity contribution < 1.29 is 13.2 Å². The smallest absolute Gasteiger partial charge is 0.270 e. The first-order chi connectivity index (χ1) is 14.4. The second-order valence-electron chi connectivity index (χ2n) is 7.76. The molecule has 2 aromatic carbocycles. The fourth-order valence-corrected chi connectivity index (χ4v) is 5.94. The van der Waals surface area contributed by atoms with Crippen LogP contribution < -0.4 is 9.62 Å². The second kappa shape index (κ2) is 7.09. The van der Waals surface area contributed by atoms with Crippen molar-refractivity contribution in [3.8, 4) is 5.69 Å². The summed E-state index contributed by atoms with van der Waals surface area (Å²) in [4.78, 5) is 12.8. The molecule has 3 aromatic rings. The molecule has 0 unspecified atom stereocenters. The van der Waals surface area contributed by atoms with E-state index in [0.717, 1.165) is 34.0 Å². The molecule has 1 saturated heterocycles. The van der Waals surface area contributed by atoms with Crippen LogP contribution in [0.3, 0.4) is 0 Å². The van der Waals surface area contributed by atoms with Crippen LogP contribution in [0.25, 0.3) is 16.6 Å². The van der Waals surface area contributed by atoms with Crippen LogP contribution in [0.1, 0.15) is 41.2 Å². The average Bonchev–Trinajstić information content (AvgIpc) is 3.42. The summed E-state index contributed by atoms with van der Waals surface area (Å²) >= 11 is 3.43. The average molecular weight is 489 g/mol. The zero-order valence-corrected chi connectivity index (χ0v) is 18.8. The number of aromatic nitrogens is 2. The number of hydrogen-bond acceptors (Lipinski definition) is 4. The van der Waals surface area contributed by atoms with E-state index in [1.165, 1.54) is 4.31 Å². The number of rotatable bonds is 4. The van der Waals surface area contributed by atoms with E-state index in [1.807, 2.05) is 36.4 Å². The van der Waals surface area contributed by atoms with Crippen LogP contribution in [0.15, 0.2) is 40.9 Å². The van der Waals surface area contributed by atoms with Gasteiger partial charge >= 0.3 is 0 Å². The Morgan fingerprint density at radius 2 is 1.93 bits per heavy atom. The molecule has 9 heteroatoms. The first-order valence-electron chi connectivity index (χ1n) is 9.94. The number of carbonyl (C=O) groups excluding carboxylic acids is 1. The van der Waals surface area contributed by atoms with E-state index >= 15 is 0 Å². The largest absolute Gasteiger partial charge is 0.354 e. The maximum atomic E-state index is 12.8. The number of anilines is 1. The lowest BCUT2D eigenvalue weighted by molar-refractivity contribution is 0.0957. The Morgan fingerprint density at radius 3 is 2.53 bits per heavy atom. The van der Waals surface area contributed by atoms with Gasteiger partial charge in [0.2, 0.25) is 10.0 Å². The third-order valence-electron chi connectivity index (χ3n) is 5.72. The number of nitrogens with one attached hydrogen (secondary N) is 1. The first-order valence-corrected chi connectivity index (χ1v) is 12.3. The standard InChI is InChI=1S/C21H21BrN4O3S/c1-23-21(27)20-17-11-16(13-3-4-13)19(25-9-2-10-30(25,28)29)12-18(17)24-26(20)15-7-5-14(22)6-8-15/h5-8,11-13H,2-4,9-10H2,1H3,(H,23,27). The van der Waals surface area contributed by atoms with Gasteiger partial charge < -0.3 is 5.32 Å². The Bertz CT molecular complexity index is 1260. The predicted molar refractivity (Wildman–Crippen MR) is 120 cm³/mol. The summed E-state index contributed by atoms with van der Waals surface area (Å²) in [5.74, 6) is 0.267. The molecule has 156 valence electrons. The van der Waals surface area contributed by atoms with Crippen molar-refractivity contribution in [2.24, 2.45) is 0 Å². The molecule has 1 aromatic heterocycles. The highest BCUT2D eigenvalue weighted by Gasteiger charge is 2.35. The molecular weight excluding hydrogens is 468 g/mol. The summed E-state index contributed by atoms with van der Waals surface area (Å²) in [6.45, 7) is 0.489. The lowest BCUT2D eigenvalue weighted by atomic mass is 10.0.